The summed E-state index contributed by atoms with van der Waals surface area (Å²) in [6.07, 6.45) is 1.41. The van der Waals surface area contributed by atoms with Crippen molar-refractivity contribution in [2.75, 3.05) is 4.72 Å². The van der Waals surface area contributed by atoms with Gasteiger partial charge in [0.05, 0.1) is 11.6 Å². The molecule has 1 heterocycles. The first kappa shape index (κ1) is 13.3. The highest BCUT2D eigenvalue weighted by molar-refractivity contribution is 7.92. The maximum Gasteiger partial charge on any atom is 0.264 e. The summed E-state index contributed by atoms with van der Waals surface area (Å²) >= 11 is 5.75. The molecule has 0 atom stereocenters. The van der Waals surface area contributed by atoms with Crippen LogP contribution in [0.3, 0.4) is 0 Å². The second kappa shape index (κ2) is 5.26. The first-order valence-electron chi connectivity index (χ1n) is 5.16. The number of hydrogen-bond acceptors (Lipinski definition) is 4. The van der Waals surface area contributed by atoms with Gasteiger partial charge < -0.3 is 0 Å². The van der Waals surface area contributed by atoms with Gasteiger partial charge in [0, 0.05) is 11.9 Å². The maximum absolute atomic E-state index is 12.1. The molecule has 0 amide bonds. The van der Waals surface area contributed by atoms with E-state index >= 15 is 0 Å². The third-order valence-corrected chi connectivity index (χ3v) is 4.11. The smallest absolute Gasteiger partial charge is 0.264 e. The fourth-order valence-electron chi connectivity index (χ4n) is 1.39. The molecule has 1 aromatic heterocycles. The molecular weight excluding hydrogens is 286 g/mol. The van der Waals surface area contributed by atoms with Gasteiger partial charge in [0.2, 0.25) is 0 Å². The Bertz CT molecular complexity index is 736. The highest BCUT2D eigenvalue weighted by atomic mass is 35.5. The van der Waals surface area contributed by atoms with Gasteiger partial charge in [-0.1, -0.05) is 11.6 Å². The SMILES string of the molecule is N#Cc1ccc(NS(=O)(=O)c2cccnc2Cl)cc1. The molecule has 0 saturated carbocycles. The van der Waals surface area contributed by atoms with Gasteiger partial charge in [0.25, 0.3) is 10.0 Å². The van der Waals surface area contributed by atoms with E-state index < -0.39 is 10.0 Å². The van der Waals surface area contributed by atoms with Crippen LogP contribution in [-0.4, -0.2) is 13.4 Å². The van der Waals surface area contributed by atoms with Gasteiger partial charge in [0.1, 0.15) is 10.0 Å². The van der Waals surface area contributed by atoms with Crippen LogP contribution in [-0.2, 0) is 10.0 Å². The van der Waals surface area contributed by atoms with Crippen LogP contribution < -0.4 is 4.72 Å². The van der Waals surface area contributed by atoms with E-state index in [0.717, 1.165) is 0 Å². The van der Waals surface area contributed by atoms with Crippen molar-refractivity contribution >= 4 is 27.3 Å². The fourth-order valence-corrected chi connectivity index (χ4v) is 2.91. The summed E-state index contributed by atoms with van der Waals surface area (Å²) in [5, 5.41) is 8.57. The Morgan fingerprint density at radius 3 is 2.47 bits per heavy atom. The molecule has 0 bridgehead atoms. The molecule has 0 fully saturated rings. The van der Waals surface area contributed by atoms with Crippen LogP contribution in [0.5, 0.6) is 0 Å². The number of nitriles is 1. The summed E-state index contributed by atoms with van der Waals surface area (Å²) in [4.78, 5) is 3.62. The second-order valence-corrected chi connectivity index (χ2v) is 5.60. The molecule has 0 aliphatic heterocycles. The van der Waals surface area contributed by atoms with E-state index in [9.17, 15) is 8.42 Å². The van der Waals surface area contributed by atoms with Crippen LogP contribution >= 0.6 is 11.6 Å². The topological polar surface area (TPSA) is 82.9 Å². The minimum Gasteiger partial charge on any atom is -0.280 e. The van der Waals surface area contributed by atoms with Crippen LogP contribution in [0.4, 0.5) is 5.69 Å². The van der Waals surface area contributed by atoms with Crippen molar-refractivity contribution in [3.8, 4) is 6.07 Å². The summed E-state index contributed by atoms with van der Waals surface area (Å²) in [5.41, 5.74) is 0.793. The highest BCUT2D eigenvalue weighted by Crippen LogP contribution is 2.21. The maximum atomic E-state index is 12.1. The first-order valence-corrected chi connectivity index (χ1v) is 7.02. The monoisotopic (exact) mass is 293 g/mol. The zero-order valence-electron chi connectivity index (χ0n) is 9.54. The van der Waals surface area contributed by atoms with Crippen LogP contribution in [0.1, 0.15) is 5.56 Å². The summed E-state index contributed by atoms with van der Waals surface area (Å²) in [5.74, 6) is 0. The Hall–Kier alpha value is -2.10. The molecular formula is C12H8ClN3O2S. The molecule has 0 spiro atoms. The van der Waals surface area contributed by atoms with E-state index in [1.54, 1.807) is 0 Å². The lowest BCUT2D eigenvalue weighted by Crippen LogP contribution is -2.13. The average Bonchev–Trinajstić information content (AvgIpc) is 2.39. The largest absolute Gasteiger partial charge is 0.280 e. The zero-order chi connectivity index (χ0) is 13.9. The van der Waals surface area contributed by atoms with Gasteiger partial charge >= 0.3 is 0 Å². The van der Waals surface area contributed by atoms with Crippen LogP contribution in [0, 0.1) is 11.3 Å². The van der Waals surface area contributed by atoms with E-state index in [2.05, 4.69) is 9.71 Å². The van der Waals surface area contributed by atoms with Gasteiger partial charge in [0.15, 0.2) is 0 Å². The van der Waals surface area contributed by atoms with Gasteiger partial charge in [-0.25, -0.2) is 13.4 Å². The van der Waals surface area contributed by atoms with E-state index in [1.165, 1.54) is 42.6 Å². The first-order chi connectivity index (χ1) is 9.03. The third-order valence-electron chi connectivity index (χ3n) is 2.28. The molecule has 2 rings (SSSR count). The van der Waals surface area contributed by atoms with Gasteiger partial charge in [-0.3, -0.25) is 4.72 Å². The number of pyridine rings is 1. The Balaban J connectivity index is 2.32. The molecule has 0 radical (unpaired) electrons. The summed E-state index contributed by atoms with van der Waals surface area (Å²) in [6, 6.07) is 10.8. The van der Waals surface area contributed by atoms with Crippen molar-refractivity contribution in [2.24, 2.45) is 0 Å². The molecule has 2 aromatic rings. The van der Waals surface area contributed by atoms with E-state index in [0.29, 0.717) is 11.3 Å². The Morgan fingerprint density at radius 1 is 1.21 bits per heavy atom. The number of halogens is 1. The van der Waals surface area contributed by atoms with Gasteiger partial charge in [-0.2, -0.15) is 5.26 Å². The minimum absolute atomic E-state index is 0.0938. The van der Waals surface area contributed by atoms with Crippen LogP contribution in [0.2, 0.25) is 5.15 Å². The summed E-state index contributed by atoms with van der Waals surface area (Å²) < 4.78 is 26.5. The Morgan fingerprint density at radius 2 is 1.89 bits per heavy atom. The highest BCUT2D eigenvalue weighted by Gasteiger charge is 2.18. The minimum atomic E-state index is -3.79. The number of rotatable bonds is 3. The number of nitrogens with zero attached hydrogens (tertiary/aromatic N) is 2. The average molecular weight is 294 g/mol. The second-order valence-electron chi connectivity index (χ2n) is 3.59. The van der Waals surface area contributed by atoms with E-state index in [-0.39, 0.29) is 10.0 Å². The molecule has 0 saturated heterocycles. The van der Waals surface area contributed by atoms with Gasteiger partial charge in [-0.05, 0) is 36.4 Å². The van der Waals surface area contributed by atoms with Crippen LogP contribution in [0.15, 0.2) is 47.5 Å². The van der Waals surface area contributed by atoms with Crippen molar-refractivity contribution in [3.05, 3.63) is 53.3 Å². The van der Waals surface area contributed by atoms with E-state index in [4.69, 9.17) is 16.9 Å². The molecule has 1 N–H and O–H groups in total. The standard InChI is InChI=1S/C12H8ClN3O2S/c13-12-11(2-1-7-15-12)19(17,18)16-10-5-3-9(8-14)4-6-10/h1-7,16H. The van der Waals surface area contributed by atoms with Crippen molar-refractivity contribution in [2.45, 2.75) is 4.90 Å². The number of hydrogen-bond donors (Lipinski definition) is 1. The predicted octanol–water partition coefficient (Wildman–Crippen LogP) is 2.41. The van der Waals surface area contributed by atoms with Gasteiger partial charge in [-0.15, -0.1) is 0 Å². The van der Waals surface area contributed by atoms with E-state index in [1.807, 2.05) is 6.07 Å². The predicted molar refractivity (Wildman–Crippen MR) is 71.2 cm³/mol. The molecule has 7 heteroatoms. The lowest BCUT2D eigenvalue weighted by molar-refractivity contribution is 0.601. The number of benzene rings is 1. The number of nitrogens with one attached hydrogen (secondary N) is 1. The van der Waals surface area contributed by atoms with Crippen molar-refractivity contribution in [3.63, 3.8) is 0 Å². The zero-order valence-corrected chi connectivity index (χ0v) is 11.1. The molecule has 96 valence electrons. The molecule has 0 aliphatic carbocycles. The summed E-state index contributed by atoms with van der Waals surface area (Å²) in [7, 11) is -3.79. The summed E-state index contributed by atoms with van der Waals surface area (Å²) in [6.45, 7) is 0. The number of sulfonamides is 1. The van der Waals surface area contributed by atoms with Crippen LogP contribution in [0.25, 0.3) is 0 Å². The molecule has 5 nitrogen and oxygen atoms in total. The molecule has 0 unspecified atom stereocenters. The third kappa shape index (κ3) is 3.02. The normalized spacial score (nSPS) is 10.7. The number of aromatic nitrogens is 1. The lowest BCUT2D eigenvalue weighted by atomic mass is 10.2. The Kier molecular flexibility index (Phi) is 3.69. The quantitative estimate of drug-likeness (QED) is 0.881. The van der Waals surface area contributed by atoms with Crippen molar-refractivity contribution in [1.82, 2.24) is 4.98 Å². The Labute approximate surface area is 115 Å². The lowest BCUT2D eigenvalue weighted by Gasteiger charge is -2.08. The molecule has 19 heavy (non-hydrogen) atoms. The van der Waals surface area contributed by atoms with Crippen molar-refractivity contribution < 1.29 is 8.42 Å². The van der Waals surface area contributed by atoms with Crippen molar-refractivity contribution in [1.29, 1.82) is 5.26 Å². The molecule has 0 aliphatic rings. The number of anilines is 1. The molecule has 1 aromatic carbocycles. The fraction of sp³-hybridized carbons (Fsp3) is 0.